The number of nitrogens with zero attached hydrogens (tertiary/aromatic N) is 1. The number of aliphatic hydroxyl groups excluding tert-OH is 1. The molecule has 1 saturated heterocycles. The van der Waals surface area contributed by atoms with Gasteiger partial charge in [-0.15, -0.1) is 0 Å². The first kappa shape index (κ1) is 15.9. The second kappa shape index (κ2) is 7.52. The number of rotatable bonds is 5. The van der Waals surface area contributed by atoms with Crippen molar-refractivity contribution in [1.82, 2.24) is 4.90 Å². The average molecular weight is 294 g/mol. The fourth-order valence-electron chi connectivity index (χ4n) is 2.75. The van der Waals surface area contributed by atoms with Gasteiger partial charge in [0.25, 0.3) is 0 Å². The minimum atomic E-state index is -0.741. The topological polar surface area (TPSA) is 66.6 Å². The quantitative estimate of drug-likeness (QED) is 0.860. The van der Waals surface area contributed by atoms with E-state index in [4.69, 9.17) is 5.73 Å². The fraction of sp³-hybridized carbons (Fsp3) is 0.562. The lowest BCUT2D eigenvalue weighted by atomic mass is 9.90. The van der Waals surface area contributed by atoms with Crippen molar-refractivity contribution in [2.24, 2.45) is 11.7 Å². The molecule has 1 aromatic rings. The molecular formula is C16H23FN2O2. The van der Waals surface area contributed by atoms with E-state index in [0.29, 0.717) is 5.92 Å². The summed E-state index contributed by atoms with van der Waals surface area (Å²) in [5.74, 6) is 0.296. The third-order valence-corrected chi connectivity index (χ3v) is 4.09. The summed E-state index contributed by atoms with van der Waals surface area (Å²) in [6.45, 7) is 1.57. The van der Waals surface area contributed by atoms with Crippen LogP contribution in [0.3, 0.4) is 0 Å². The summed E-state index contributed by atoms with van der Waals surface area (Å²) in [6.07, 6.45) is 2.19. The van der Waals surface area contributed by atoms with Crippen LogP contribution in [-0.4, -0.2) is 41.7 Å². The maximum absolute atomic E-state index is 12.9. The summed E-state index contributed by atoms with van der Waals surface area (Å²) < 4.78 is 12.9. The molecule has 0 bridgehead atoms. The zero-order chi connectivity index (χ0) is 15.2. The molecule has 1 aliphatic rings. The van der Waals surface area contributed by atoms with Crippen LogP contribution in [0.4, 0.5) is 4.39 Å². The van der Waals surface area contributed by atoms with Gasteiger partial charge in [0.2, 0.25) is 5.91 Å². The van der Waals surface area contributed by atoms with Crippen LogP contribution in [-0.2, 0) is 11.2 Å². The number of nitrogens with two attached hydrogens (primary N) is 1. The zero-order valence-corrected chi connectivity index (χ0v) is 12.2. The Morgan fingerprint density at radius 1 is 1.33 bits per heavy atom. The van der Waals surface area contributed by atoms with Crippen LogP contribution >= 0.6 is 0 Å². The van der Waals surface area contributed by atoms with Crippen LogP contribution in [0.2, 0.25) is 0 Å². The third-order valence-electron chi connectivity index (χ3n) is 4.09. The van der Waals surface area contributed by atoms with Gasteiger partial charge in [0.05, 0.1) is 12.5 Å². The van der Waals surface area contributed by atoms with Gasteiger partial charge in [0.15, 0.2) is 0 Å². The van der Waals surface area contributed by atoms with E-state index in [1.54, 1.807) is 4.90 Å². The summed E-state index contributed by atoms with van der Waals surface area (Å²) in [5.41, 5.74) is 6.46. The molecule has 4 nitrogen and oxygen atoms in total. The first-order valence-electron chi connectivity index (χ1n) is 7.49. The molecular weight excluding hydrogens is 271 g/mol. The van der Waals surface area contributed by atoms with E-state index in [2.05, 4.69) is 0 Å². The molecule has 2 rings (SSSR count). The van der Waals surface area contributed by atoms with E-state index in [1.165, 1.54) is 12.1 Å². The number of carbonyl (C=O) groups is 1. The van der Waals surface area contributed by atoms with Gasteiger partial charge in [-0.2, -0.15) is 0 Å². The van der Waals surface area contributed by atoms with Crippen LogP contribution in [0.15, 0.2) is 24.3 Å². The molecule has 0 aliphatic carbocycles. The number of carbonyl (C=O) groups excluding carboxylic acids is 1. The lowest BCUT2D eigenvalue weighted by molar-refractivity contribution is -0.134. The first-order chi connectivity index (χ1) is 10.1. The maximum Gasteiger partial charge on any atom is 0.225 e. The van der Waals surface area contributed by atoms with Crippen molar-refractivity contribution >= 4 is 5.91 Å². The number of likely N-dealkylation sites (tertiary alicyclic amines) is 1. The van der Waals surface area contributed by atoms with E-state index in [0.717, 1.165) is 37.9 Å². The van der Waals surface area contributed by atoms with Crippen LogP contribution in [0.5, 0.6) is 0 Å². The van der Waals surface area contributed by atoms with Gasteiger partial charge in [-0.1, -0.05) is 12.1 Å². The Hall–Kier alpha value is -1.46. The number of halogens is 1. The van der Waals surface area contributed by atoms with Crippen molar-refractivity contribution in [3.05, 3.63) is 35.6 Å². The second-order valence-corrected chi connectivity index (χ2v) is 5.75. The van der Waals surface area contributed by atoms with Gasteiger partial charge in [0, 0.05) is 19.6 Å². The highest BCUT2D eigenvalue weighted by molar-refractivity contribution is 5.76. The smallest absolute Gasteiger partial charge is 0.225 e. The highest BCUT2D eigenvalue weighted by Gasteiger charge is 2.24. The highest BCUT2D eigenvalue weighted by atomic mass is 19.1. The van der Waals surface area contributed by atoms with Gasteiger partial charge in [-0.3, -0.25) is 4.79 Å². The van der Waals surface area contributed by atoms with E-state index < -0.39 is 6.10 Å². The SMILES string of the molecule is NC[C@@H](O)CC(=O)N1CCC(Cc2ccc(F)cc2)CC1. The summed E-state index contributed by atoms with van der Waals surface area (Å²) in [5, 5.41) is 9.43. The largest absolute Gasteiger partial charge is 0.391 e. The summed E-state index contributed by atoms with van der Waals surface area (Å²) >= 11 is 0. The Bertz CT molecular complexity index is 456. The Balaban J connectivity index is 1.77. The zero-order valence-electron chi connectivity index (χ0n) is 12.2. The van der Waals surface area contributed by atoms with E-state index in [-0.39, 0.29) is 24.7 Å². The first-order valence-corrected chi connectivity index (χ1v) is 7.49. The van der Waals surface area contributed by atoms with Crippen molar-refractivity contribution in [2.45, 2.75) is 31.8 Å². The van der Waals surface area contributed by atoms with E-state index >= 15 is 0 Å². The lowest BCUT2D eigenvalue weighted by Crippen LogP contribution is -2.41. The molecule has 1 atom stereocenters. The predicted octanol–water partition coefficient (Wildman–Crippen LogP) is 1.32. The predicted molar refractivity (Wildman–Crippen MR) is 79.1 cm³/mol. The molecule has 21 heavy (non-hydrogen) atoms. The van der Waals surface area contributed by atoms with Crippen LogP contribution in [0, 0.1) is 11.7 Å². The molecule has 116 valence electrons. The molecule has 1 fully saturated rings. The summed E-state index contributed by atoms with van der Waals surface area (Å²) in [6, 6.07) is 6.62. The number of hydrogen-bond acceptors (Lipinski definition) is 3. The highest BCUT2D eigenvalue weighted by Crippen LogP contribution is 2.22. The number of piperidine rings is 1. The Morgan fingerprint density at radius 2 is 1.95 bits per heavy atom. The normalized spacial score (nSPS) is 17.8. The Labute approximate surface area is 124 Å². The number of benzene rings is 1. The summed E-state index contributed by atoms with van der Waals surface area (Å²) in [7, 11) is 0. The van der Waals surface area contributed by atoms with Crippen molar-refractivity contribution < 1.29 is 14.3 Å². The minimum Gasteiger partial charge on any atom is -0.391 e. The molecule has 5 heteroatoms. The number of aliphatic hydroxyl groups is 1. The second-order valence-electron chi connectivity index (χ2n) is 5.75. The van der Waals surface area contributed by atoms with Crippen molar-refractivity contribution in [2.75, 3.05) is 19.6 Å². The van der Waals surface area contributed by atoms with Crippen LogP contribution < -0.4 is 5.73 Å². The average Bonchev–Trinajstić information content (AvgIpc) is 2.50. The lowest BCUT2D eigenvalue weighted by Gasteiger charge is -2.32. The van der Waals surface area contributed by atoms with E-state index in [9.17, 15) is 14.3 Å². The summed E-state index contributed by atoms with van der Waals surface area (Å²) in [4.78, 5) is 13.7. The van der Waals surface area contributed by atoms with Gasteiger partial charge >= 0.3 is 0 Å². The van der Waals surface area contributed by atoms with Crippen LogP contribution in [0.1, 0.15) is 24.8 Å². The molecule has 1 heterocycles. The maximum atomic E-state index is 12.9. The molecule has 0 spiro atoms. The monoisotopic (exact) mass is 294 g/mol. The molecule has 1 aliphatic heterocycles. The van der Waals surface area contributed by atoms with Gasteiger partial charge in [0.1, 0.15) is 5.82 Å². The third kappa shape index (κ3) is 4.79. The van der Waals surface area contributed by atoms with Gasteiger partial charge in [-0.05, 0) is 42.9 Å². The Morgan fingerprint density at radius 3 is 2.52 bits per heavy atom. The molecule has 0 saturated carbocycles. The fourth-order valence-corrected chi connectivity index (χ4v) is 2.75. The molecule has 0 radical (unpaired) electrons. The Kier molecular flexibility index (Phi) is 5.70. The molecule has 1 aromatic carbocycles. The molecule has 0 unspecified atom stereocenters. The number of amides is 1. The molecule has 1 amide bonds. The van der Waals surface area contributed by atoms with Gasteiger partial charge in [-0.25, -0.2) is 4.39 Å². The van der Waals surface area contributed by atoms with Crippen molar-refractivity contribution in [3.8, 4) is 0 Å². The standard InChI is InChI=1S/C16H23FN2O2/c17-14-3-1-12(2-4-14)9-13-5-7-19(8-6-13)16(21)10-15(20)11-18/h1-4,13,15,20H,5-11,18H2/t15-/m0/s1. The number of hydrogen-bond donors (Lipinski definition) is 2. The van der Waals surface area contributed by atoms with E-state index in [1.807, 2.05) is 12.1 Å². The van der Waals surface area contributed by atoms with Crippen molar-refractivity contribution in [3.63, 3.8) is 0 Å². The molecule has 3 N–H and O–H groups in total. The molecule has 0 aromatic heterocycles. The minimum absolute atomic E-state index is 0.0202. The van der Waals surface area contributed by atoms with Crippen LogP contribution in [0.25, 0.3) is 0 Å². The van der Waals surface area contributed by atoms with Crippen molar-refractivity contribution in [1.29, 1.82) is 0 Å². The van der Waals surface area contributed by atoms with Gasteiger partial charge < -0.3 is 15.7 Å².